The molecule has 1 aromatic carbocycles. The van der Waals surface area contributed by atoms with Crippen LogP contribution in [0.1, 0.15) is 31.2 Å². The van der Waals surface area contributed by atoms with E-state index in [1.807, 2.05) is 46.9 Å². The Morgan fingerprint density at radius 1 is 1.38 bits per heavy atom. The maximum Gasteiger partial charge on any atom is 0.318 e. The molecule has 1 aromatic heterocycles. The van der Waals surface area contributed by atoms with Crippen molar-refractivity contribution in [1.29, 1.82) is 0 Å². The van der Waals surface area contributed by atoms with Gasteiger partial charge in [0.2, 0.25) is 0 Å². The number of rotatable bonds is 5. The van der Waals surface area contributed by atoms with Crippen molar-refractivity contribution in [3.63, 3.8) is 0 Å². The molecule has 24 heavy (non-hydrogen) atoms. The highest BCUT2D eigenvalue weighted by Crippen LogP contribution is 2.18. The lowest BCUT2D eigenvalue weighted by atomic mass is 10.1. The molecule has 0 radical (unpaired) electrons. The van der Waals surface area contributed by atoms with Crippen LogP contribution in [0.5, 0.6) is 0 Å². The van der Waals surface area contributed by atoms with Crippen LogP contribution in [-0.2, 0) is 6.54 Å². The number of para-hydroxylation sites is 1. The molecule has 0 aliphatic carbocycles. The van der Waals surface area contributed by atoms with Crippen molar-refractivity contribution in [3.8, 4) is 5.69 Å². The highest BCUT2D eigenvalue weighted by atomic mass is 16.2. The number of benzene rings is 1. The van der Waals surface area contributed by atoms with E-state index in [9.17, 15) is 4.79 Å². The first-order valence-electron chi connectivity index (χ1n) is 8.50. The van der Waals surface area contributed by atoms with E-state index in [4.69, 9.17) is 0 Å². The van der Waals surface area contributed by atoms with E-state index in [2.05, 4.69) is 29.4 Å². The summed E-state index contributed by atoms with van der Waals surface area (Å²) in [4.78, 5) is 18.7. The summed E-state index contributed by atoms with van der Waals surface area (Å²) < 4.78 is 2.04. The third kappa shape index (κ3) is 3.35. The number of hydrogen-bond donors (Lipinski definition) is 1. The van der Waals surface area contributed by atoms with E-state index >= 15 is 0 Å². The highest BCUT2D eigenvalue weighted by Gasteiger charge is 2.23. The van der Waals surface area contributed by atoms with Gasteiger partial charge in [0.15, 0.2) is 0 Å². The molecule has 0 bridgehead atoms. The summed E-state index contributed by atoms with van der Waals surface area (Å²) in [5.41, 5.74) is 2.13. The van der Waals surface area contributed by atoms with Gasteiger partial charge in [-0.25, -0.2) is 9.78 Å². The van der Waals surface area contributed by atoms with Gasteiger partial charge in [-0.15, -0.1) is 0 Å². The van der Waals surface area contributed by atoms with Crippen LogP contribution in [0, 0.1) is 6.92 Å². The molecule has 5 nitrogen and oxygen atoms in total. The van der Waals surface area contributed by atoms with Crippen molar-refractivity contribution in [2.75, 3.05) is 6.54 Å². The first-order valence-corrected chi connectivity index (χ1v) is 8.50. The van der Waals surface area contributed by atoms with Gasteiger partial charge in [-0.05, 0) is 25.0 Å². The third-order valence-electron chi connectivity index (χ3n) is 4.41. The van der Waals surface area contributed by atoms with Crippen molar-refractivity contribution in [2.45, 2.75) is 39.3 Å². The van der Waals surface area contributed by atoms with Crippen LogP contribution in [0.2, 0.25) is 0 Å². The van der Waals surface area contributed by atoms with Crippen LogP contribution < -0.4 is 5.32 Å². The Morgan fingerprint density at radius 3 is 2.96 bits per heavy atom. The molecule has 1 N–H and O–H groups in total. The fourth-order valence-electron chi connectivity index (χ4n) is 3.15. The zero-order valence-corrected chi connectivity index (χ0v) is 14.3. The van der Waals surface area contributed by atoms with Crippen molar-refractivity contribution in [3.05, 3.63) is 60.2 Å². The fraction of sp³-hybridized carbons (Fsp3) is 0.368. The molecule has 2 aromatic rings. The molecule has 2 amide bonds. The van der Waals surface area contributed by atoms with Crippen LogP contribution in [0.15, 0.2) is 48.8 Å². The molecular weight excluding hydrogens is 300 g/mol. The monoisotopic (exact) mass is 324 g/mol. The summed E-state index contributed by atoms with van der Waals surface area (Å²) in [5, 5.41) is 3.06. The lowest BCUT2D eigenvalue weighted by Gasteiger charge is -2.25. The Morgan fingerprint density at radius 2 is 2.21 bits per heavy atom. The number of nitrogens with one attached hydrogen (secondary N) is 1. The number of aryl methyl sites for hydroxylation is 1. The van der Waals surface area contributed by atoms with Crippen LogP contribution in [0.4, 0.5) is 4.79 Å². The van der Waals surface area contributed by atoms with Gasteiger partial charge in [-0.3, -0.25) is 0 Å². The minimum absolute atomic E-state index is 0.00407. The minimum Gasteiger partial charge on any atom is -0.334 e. The number of urea groups is 1. The van der Waals surface area contributed by atoms with E-state index in [0.717, 1.165) is 29.9 Å². The predicted octanol–water partition coefficient (Wildman–Crippen LogP) is 3.43. The van der Waals surface area contributed by atoms with E-state index < -0.39 is 0 Å². The first-order chi connectivity index (χ1) is 11.7. The number of carbonyl (C=O) groups excluding carboxylic acids is 1. The van der Waals surface area contributed by atoms with Crippen molar-refractivity contribution in [1.82, 2.24) is 19.8 Å². The fourth-order valence-corrected chi connectivity index (χ4v) is 3.15. The molecule has 1 aliphatic rings. The summed E-state index contributed by atoms with van der Waals surface area (Å²) >= 11 is 0. The number of aromatic nitrogens is 2. The van der Waals surface area contributed by atoms with Gasteiger partial charge in [0, 0.05) is 25.5 Å². The van der Waals surface area contributed by atoms with Crippen LogP contribution in [0.3, 0.4) is 0 Å². The third-order valence-corrected chi connectivity index (χ3v) is 4.41. The average Bonchev–Trinajstić information content (AvgIpc) is 3.22. The lowest BCUT2D eigenvalue weighted by molar-refractivity contribution is 0.194. The van der Waals surface area contributed by atoms with E-state index in [1.165, 1.54) is 0 Å². The Labute approximate surface area is 143 Å². The SMILES string of the molecule is CCCC1C=CCN1C(=O)NCc1ccccc1-n1ccnc1C. The zero-order valence-electron chi connectivity index (χ0n) is 14.3. The van der Waals surface area contributed by atoms with Crippen LogP contribution in [-0.4, -0.2) is 33.1 Å². The molecule has 0 saturated carbocycles. The minimum atomic E-state index is -0.00407. The summed E-state index contributed by atoms with van der Waals surface area (Å²) in [7, 11) is 0. The molecule has 0 saturated heterocycles. The number of hydrogen-bond acceptors (Lipinski definition) is 2. The molecule has 1 unspecified atom stereocenters. The Bertz CT molecular complexity index is 734. The zero-order chi connectivity index (χ0) is 16.9. The van der Waals surface area contributed by atoms with E-state index in [1.54, 1.807) is 6.20 Å². The summed E-state index contributed by atoms with van der Waals surface area (Å²) in [6.07, 6.45) is 10.0. The summed E-state index contributed by atoms with van der Waals surface area (Å²) in [6, 6.07) is 8.31. The van der Waals surface area contributed by atoms with Crippen molar-refractivity contribution in [2.24, 2.45) is 0 Å². The number of amides is 2. The lowest BCUT2D eigenvalue weighted by Crippen LogP contribution is -2.43. The predicted molar refractivity (Wildman–Crippen MR) is 95.1 cm³/mol. The Hall–Kier alpha value is -2.56. The first kappa shape index (κ1) is 16.3. The molecule has 0 spiro atoms. The molecule has 0 fully saturated rings. The normalized spacial score (nSPS) is 16.6. The highest BCUT2D eigenvalue weighted by molar-refractivity contribution is 5.75. The second-order valence-corrected chi connectivity index (χ2v) is 6.07. The molecule has 3 rings (SSSR count). The van der Waals surface area contributed by atoms with Gasteiger partial charge in [0.05, 0.1) is 11.7 Å². The summed E-state index contributed by atoms with van der Waals surface area (Å²) in [5.74, 6) is 0.931. The van der Waals surface area contributed by atoms with E-state index in [-0.39, 0.29) is 12.1 Å². The van der Waals surface area contributed by atoms with Gasteiger partial charge in [-0.2, -0.15) is 0 Å². The molecule has 126 valence electrons. The topological polar surface area (TPSA) is 50.2 Å². The second-order valence-electron chi connectivity index (χ2n) is 6.07. The number of carbonyl (C=O) groups is 1. The molecular formula is C19H24N4O. The Kier molecular flexibility index (Phi) is 4.99. The van der Waals surface area contributed by atoms with Gasteiger partial charge in [0.1, 0.15) is 5.82 Å². The van der Waals surface area contributed by atoms with Gasteiger partial charge >= 0.3 is 6.03 Å². The van der Waals surface area contributed by atoms with Crippen LogP contribution in [0.25, 0.3) is 5.69 Å². The van der Waals surface area contributed by atoms with Gasteiger partial charge in [0.25, 0.3) is 0 Å². The molecule has 1 aliphatic heterocycles. The average molecular weight is 324 g/mol. The molecule has 1 atom stereocenters. The quantitative estimate of drug-likeness (QED) is 0.857. The van der Waals surface area contributed by atoms with Gasteiger partial charge in [-0.1, -0.05) is 43.7 Å². The van der Waals surface area contributed by atoms with E-state index in [0.29, 0.717) is 13.1 Å². The molecule has 5 heteroatoms. The molecule has 2 heterocycles. The second kappa shape index (κ2) is 7.34. The summed E-state index contributed by atoms with van der Waals surface area (Å²) in [6.45, 7) is 5.31. The standard InChI is InChI=1S/C19H24N4O/c1-3-7-17-9-6-12-23(17)19(24)21-14-16-8-4-5-10-18(16)22-13-11-20-15(22)2/h4-6,8-11,13,17H,3,7,12,14H2,1-2H3,(H,21,24). The van der Waals surface area contributed by atoms with Crippen LogP contribution >= 0.6 is 0 Å². The number of imidazole rings is 1. The number of nitrogens with zero attached hydrogens (tertiary/aromatic N) is 3. The maximum absolute atomic E-state index is 12.5. The largest absolute Gasteiger partial charge is 0.334 e. The maximum atomic E-state index is 12.5. The van der Waals surface area contributed by atoms with Gasteiger partial charge < -0.3 is 14.8 Å². The Balaban J connectivity index is 1.69. The van der Waals surface area contributed by atoms with Crippen molar-refractivity contribution < 1.29 is 4.79 Å². The smallest absolute Gasteiger partial charge is 0.318 e. The van der Waals surface area contributed by atoms with Crippen molar-refractivity contribution >= 4 is 6.03 Å².